The zero-order valence-corrected chi connectivity index (χ0v) is 18.2. The molecule has 0 fully saturated rings. The fraction of sp³-hybridized carbons (Fsp3) is 0.125. The first kappa shape index (κ1) is 21.7. The van der Waals surface area contributed by atoms with Crippen molar-refractivity contribution in [3.05, 3.63) is 72.3 Å². The molecule has 33 heavy (non-hydrogen) atoms. The summed E-state index contributed by atoms with van der Waals surface area (Å²) in [5, 5.41) is 10.5. The molecule has 1 N–H and O–H groups in total. The Labute approximate surface area is 189 Å². The molecule has 1 amide bonds. The number of benzene rings is 3. The minimum absolute atomic E-state index is 0.0573. The number of aromatic nitrogens is 2. The number of hydrogen-bond donors (Lipinski definition) is 1. The van der Waals surface area contributed by atoms with Crippen LogP contribution in [0.15, 0.2) is 71.1 Å². The van der Waals surface area contributed by atoms with E-state index in [4.69, 9.17) is 23.4 Å². The van der Waals surface area contributed by atoms with Crippen LogP contribution in [0.2, 0.25) is 0 Å². The van der Waals surface area contributed by atoms with Crippen molar-refractivity contribution in [3.8, 4) is 40.2 Å². The second-order valence-corrected chi connectivity index (χ2v) is 6.72. The Morgan fingerprint density at radius 1 is 0.818 bits per heavy atom. The number of nitrogens with zero attached hydrogens (tertiary/aromatic N) is 2. The first-order chi connectivity index (χ1) is 16.1. The number of amides is 1. The van der Waals surface area contributed by atoms with Crippen LogP contribution < -0.4 is 24.3 Å². The third kappa shape index (κ3) is 4.87. The van der Waals surface area contributed by atoms with Crippen LogP contribution in [-0.2, 0) is 0 Å². The summed E-state index contributed by atoms with van der Waals surface area (Å²) in [6, 6.07) is 19.3. The summed E-state index contributed by atoms with van der Waals surface area (Å²) in [5.41, 5.74) is 0.909. The largest absolute Gasteiger partial charge is 0.493 e. The van der Waals surface area contributed by atoms with Gasteiger partial charge >= 0.3 is 6.01 Å². The van der Waals surface area contributed by atoms with Crippen LogP contribution in [0.4, 0.5) is 6.01 Å². The molecular weight excluding hydrogens is 426 g/mol. The maximum Gasteiger partial charge on any atom is 0.322 e. The van der Waals surface area contributed by atoms with Crippen LogP contribution in [0.5, 0.6) is 28.7 Å². The van der Waals surface area contributed by atoms with Gasteiger partial charge in [0.2, 0.25) is 11.6 Å². The van der Waals surface area contributed by atoms with E-state index in [0.29, 0.717) is 39.9 Å². The van der Waals surface area contributed by atoms with Crippen molar-refractivity contribution in [3.63, 3.8) is 0 Å². The molecule has 1 heterocycles. The molecule has 1 aromatic heterocycles. The summed E-state index contributed by atoms with van der Waals surface area (Å²) in [6.07, 6.45) is 0. The molecule has 0 unspecified atom stereocenters. The number of rotatable bonds is 8. The quantitative estimate of drug-likeness (QED) is 0.410. The van der Waals surface area contributed by atoms with Crippen molar-refractivity contribution in [1.29, 1.82) is 0 Å². The van der Waals surface area contributed by atoms with Gasteiger partial charge in [-0.1, -0.05) is 29.4 Å². The molecule has 0 aliphatic carbocycles. The predicted molar refractivity (Wildman–Crippen MR) is 120 cm³/mol. The molecule has 0 aliphatic rings. The van der Waals surface area contributed by atoms with E-state index < -0.39 is 5.91 Å². The van der Waals surface area contributed by atoms with Crippen molar-refractivity contribution in [2.75, 3.05) is 26.6 Å². The summed E-state index contributed by atoms with van der Waals surface area (Å²) in [5.74, 6) is 2.25. The van der Waals surface area contributed by atoms with Gasteiger partial charge in [-0.05, 0) is 42.5 Å². The lowest BCUT2D eigenvalue weighted by molar-refractivity contribution is 0.102. The maximum atomic E-state index is 12.7. The van der Waals surface area contributed by atoms with E-state index in [2.05, 4.69) is 15.5 Å². The Bertz CT molecular complexity index is 1230. The number of carbonyl (C=O) groups is 1. The second-order valence-electron chi connectivity index (χ2n) is 6.72. The van der Waals surface area contributed by atoms with Gasteiger partial charge in [-0.15, -0.1) is 5.10 Å². The summed E-state index contributed by atoms with van der Waals surface area (Å²) < 4.78 is 27.4. The van der Waals surface area contributed by atoms with E-state index in [1.807, 2.05) is 30.3 Å². The molecule has 0 bridgehead atoms. The van der Waals surface area contributed by atoms with Crippen molar-refractivity contribution in [2.45, 2.75) is 0 Å². The van der Waals surface area contributed by atoms with Gasteiger partial charge in [0.05, 0.1) is 21.3 Å². The normalized spacial score (nSPS) is 10.4. The molecule has 0 atom stereocenters. The van der Waals surface area contributed by atoms with E-state index in [1.54, 1.807) is 36.4 Å². The Hall–Kier alpha value is -4.53. The standard InChI is InChI=1S/C24H21N3O6/c1-29-19-13-16(14-20(30-2)21(19)31-3)23-26-27-24(33-23)25-22(28)15-8-7-11-18(12-15)32-17-9-5-4-6-10-17/h4-14H,1-3H3,(H,25,27,28). The van der Waals surface area contributed by atoms with E-state index in [9.17, 15) is 4.79 Å². The molecule has 0 saturated heterocycles. The Morgan fingerprint density at radius 3 is 2.18 bits per heavy atom. The van der Waals surface area contributed by atoms with E-state index in [0.717, 1.165) is 0 Å². The second kappa shape index (κ2) is 9.73. The lowest BCUT2D eigenvalue weighted by atomic mass is 10.2. The fourth-order valence-corrected chi connectivity index (χ4v) is 3.09. The SMILES string of the molecule is COc1cc(-c2nnc(NC(=O)c3cccc(Oc4ccccc4)c3)o2)cc(OC)c1OC. The molecule has 4 rings (SSSR count). The predicted octanol–water partition coefficient (Wildman–Crippen LogP) is 4.81. The molecule has 3 aromatic carbocycles. The molecule has 168 valence electrons. The lowest BCUT2D eigenvalue weighted by Gasteiger charge is -2.12. The summed E-state index contributed by atoms with van der Waals surface area (Å²) in [6.45, 7) is 0. The smallest absolute Gasteiger partial charge is 0.322 e. The van der Waals surface area contributed by atoms with Crippen LogP contribution >= 0.6 is 0 Å². The third-order valence-corrected chi connectivity index (χ3v) is 4.63. The highest BCUT2D eigenvalue weighted by atomic mass is 16.5. The van der Waals surface area contributed by atoms with Gasteiger partial charge < -0.3 is 23.4 Å². The number of ether oxygens (including phenoxy) is 4. The third-order valence-electron chi connectivity index (χ3n) is 4.63. The fourth-order valence-electron chi connectivity index (χ4n) is 3.09. The molecule has 4 aromatic rings. The summed E-state index contributed by atoms with van der Waals surface area (Å²) >= 11 is 0. The number of carbonyl (C=O) groups excluding carboxylic acids is 1. The average molecular weight is 447 g/mol. The van der Waals surface area contributed by atoms with Crippen LogP contribution in [0, 0.1) is 0 Å². The van der Waals surface area contributed by atoms with Crippen molar-refractivity contribution >= 4 is 11.9 Å². The molecule has 0 spiro atoms. The minimum Gasteiger partial charge on any atom is -0.493 e. The molecule has 0 radical (unpaired) electrons. The Kier molecular flexibility index (Phi) is 6.40. The number of methoxy groups -OCH3 is 3. The van der Waals surface area contributed by atoms with Crippen molar-refractivity contribution < 1.29 is 28.2 Å². The van der Waals surface area contributed by atoms with Crippen molar-refractivity contribution in [2.24, 2.45) is 0 Å². The van der Waals surface area contributed by atoms with Gasteiger partial charge in [0.1, 0.15) is 11.5 Å². The van der Waals surface area contributed by atoms with Crippen LogP contribution in [0.25, 0.3) is 11.5 Å². The average Bonchev–Trinajstić information content (AvgIpc) is 3.32. The van der Waals surface area contributed by atoms with Gasteiger partial charge in [-0.2, -0.15) is 0 Å². The van der Waals surface area contributed by atoms with Gasteiger partial charge in [0.25, 0.3) is 5.91 Å². The highest BCUT2D eigenvalue weighted by Gasteiger charge is 2.18. The van der Waals surface area contributed by atoms with E-state index in [-0.39, 0.29) is 11.9 Å². The topological polar surface area (TPSA) is 105 Å². The molecule has 9 heteroatoms. The first-order valence-corrected chi connectivity index (χ1v) is 9.89. The van der Waals surface area contributed by atoms with Gasteiger partial charge in [-0.25, -0.2) is 0 Å². The summed E-state index contributed by atoms with van der Waals surface area (Å²) in [4.78, 5) is 12.7. The minimum atomic E-state index is -0.423. The number of hydrogen-bond acceptors (Lipinski definition) is 8. The maximum absolute atomic E-state index is 12.7. The lowest BCUT2D eigenvalue weighted by Crippen LogP contribution is -2.12. The highest BCUT2D eigenvalue weighted by Crippen LogP contribution is 2.41. The van der Waals surface area contributed by atoms with Crippen LogP contribution in [0.1, 0.15) is 10.4 Å². The van der Waals surface area contributed by atoms with Crippen LogP contribution in [0.3, 0.4) is 0 Å². The van der Waals surface area contributed by atoms with E-state index >= 15 is 0 Å². The van der Waals surface area contributed by atoms with Gasteiger partial charge in [0.15, 0.2) is 11.5 Å². The first-order valence-electron chi connectivity index (χ1n) is 9.89. The van der Waals surface area contributed by atoms with Gasteiger partial charge in [0, 0.05) is 11.1 Å². The van der Waals surface area contributed by atoms with Crippen molar-refractivity contribution in [1.82, 2.24) is 10.2 Å². The molecule has 9 nitrogen and oxygen atoms in total. The molecule has 0 saturated carbocycles. The Morgan fingerprint density at radius 2 is 1.52 bits per heavy atom. The van der Waals surface area contributed by atoms with Gasteiger partial charge in [-0.3, -0.25) is 10.1 Å². The number of nitrogens with one attached hydrogen (secondary N) is 1. The highest BCUT2D eigenvalue weighted by molar-refractivity contribution is 6.03. The van der Waals surface area contributed by atoms with Crippen LogP contribution in [-0.4, -0.2) is 37.4 Å². The monoisotopic (exact) mass is 447 g/mol. The summed E-state index contributed by atoms with van der Waals surface area (Å²) in [7, 11) is 4.53. The Balaban J connectivity index is 1.51. The number of anilines is 1. The molecule has 0 aliphatic heterocycles. The zero-order valence-electron chi connectivity index (χ0n) is 18.2. The number of para-hydroxylation sites is 1. The van der Waals surface area contributed by atoms with E-state index in [1.165, 1.54) is 21.3 Å². The molecular formula is C24H21N3O6. The zero-order chi connectivity index (χ0) is 23.2.